The first-order valence-electron chi connectivity index (χ1n) is 7.93. The molecule has 6 nitrogen and oxygen atoms in total. The summed E-state index contributed by atoms with van der Waals surface area (Å²) < 4.78 is 5.33. The lowest BCUT2D eigenvalue weighted by Gasteiger charge is -2.40. The second-order valence-electron chi connectivity index (χ2n) is 5.99. The number of urea groups is 1. The van der Waals surface area contributed by atoms with E-state index in [1.807, 2.05) is 28.6 Å². The fraction of sp³-hybridized carbons (Fsp3) is 0.733. The number of carbonyl (C=O) groups is 1. The zero-order valence-electron chi connectivity index (χ0n) is 13.1. The quantitative estimate of drug-likeness (QED) is 0.845. The van der Waals surface area contributed by atoms with Gasteiger partial charge in [-0.25, -0.2) is 4.79 Å². The highest BCUT2D eigenvalue weighted by Crippen LogP contribution is 2.19. The second kappa shape index (κ2) is 7.39. The van der Waals surface area contributed by atoms with Crippen molar-refractivity contribution in [1.29, 1.82) is 0 Å². The van der Waals surface area contributed by atoms with E-state index in [9.17, 15) is 4.79 Å². The molecule has 2 aliphatic heterocycles. The van der Waals surface area contributed by atoms with Crippen LogP contribution in [0, 0.1) is 0 Å². The molecule has 1 aromatic heterocycles. The predicted octanol–water partition coefficient (Wildman–Crippen LogP) is 1.49. The maximum absolute atomic E-state index is 12.6. The van der Waals surface area contributed by atoms with Gasteiger partial charge >= 0.3 is 6.03 Å². The summed E-state index contributed by atoms with van der Waals surface area (Å²) in [5, 5.41) is 0. The van der Waals surface area contributed by atoms with Crippen molar-refractivity contribution in [3.05, 3.63) is 16.6 Å². The predicted molar refractivity (Wildman–Crippen MR) is 86.0 cm³/mol. The zero-order chi connectivity index (χ0) is 15.4. The molecule has 7 heteroatoms. The molecule has 0 spiro atoms. The van der Waals surface area contributed by atoms with E-state index in [1.54, 1.807) is 11.3 Å². The smallest absolute Gasteiger partial charge is 0.320 e. The Bertz CT molecular complexity index is 476. The number of amides is 2. The largest absolute Gasteiger partial charge is 0.378 e. The highest BCUT2D eigenvalue weighted by atomic mass is 32.1. The third kappa shape index (κ3) is 3.77. The molecule has 3 heterocycles. The van der Waals surface area contributed by atoms with Gasteiger partial charge in [-0.05, 0) is 19.4 Å². The number of aromatic nitrogens is 1. The van der Waals surface area contributed by atoms with Crippen molar-refractivity contribution in [2.45, 2.75) is 25.4 Å². The first-order chi connectivity index (χ1) is 10.7. The van der Waals surface area contributed by atoms with Gasteiger partial charge in [-0.3, -0.25) is 9.88 Å². The first-order valence-corrected chi connectivity index (χ1v) is 8.81. The van der Waals surface area contributed by atoms with Crippen LogP contribution in [0.3, 0.4) is 0 Å². The lowest BCUT2D eigenvalue weighted by atomic mass is 10.0. The minimum atomic E-state index is 0.146. The zero-order valence-corrected chi connectivity index (χ0v) is 13.9. The van der Waals surface area contributed by atoms with E-state index in [2.05, 4.69) is 9.88 Å². The number of hydrogen-bond donors (Lipinski definition) is 0. The summed E-state index contributed by atoms with van der Waals surface area (Å²) >= 11 is 1.70. The van der Waals surface area contributed by atoms with Gasteiger partial charge in [0, 0.05) is 50.3 Å². The minimum absolute atomic E-state index is 0.146. The molecule has 2 amide bonds. The molecule has 2 fully saturated rings. The van der Waals surface area contributed by atoms with Crippen molar-refractivity contribution in [2.75, 3.05) is 46.4 Å². The van der Waals surface area contributed by atoms with Crippen LogP contribution in [-0.4, -0.2) is 78.2 Å². The molecule has 0 aromatic carbocycles. The fourth-order valence-corrected chi connectivity index (χ4v) is 3.80. The number of likely N-dealkylation sites (tertiary alicyclic amines) is 1. The van der Waals surface area contributed by atoms with Gasteiger partial charge < -0.3 is 14.5 Å². The Morgan fingerprint density at radius 2 is 2.27 bits per heavy atom. The van der Waals surface area contributed by atoms with Crippen LogP contribution in [0.1, 0.15) is 17.7 Å². The van der Waals surface area contributed by atoms with Crippen molar-refractivity contribution in [3.8, 4) is 0 Å². The Labute approximate surface area is 135 Å². The molecule has 1 aromatic rings. The summed E-state index contributed by atoms with van der Waals surface area (Å²) in [6.45, 7) is 5.73. The fourth-order valence-electron chi connectivity index (χ4n) is 3.17. The lowest BCUT2D eigenvalue weighted by Crippen LogP contribution is -2.54. The second-order valence-corrected chi connectivity index (χ2v) is 6.96. The van der Waals surface area contributed by atoms with Gasteiger partial charge in [-0.15, -0.1) is 11.3 Å². The van der Waals surface area contributed by atoms with E-state index in [4.69, 9.17) is 4.74 Å². The molecule has 3 rings (SSSR count). The van der Waals surface area contributed by atoms with E-state index < -0.39 is 0 Å². The van der Waals surface area contributed by atoms with E-state index >= 15 is 0 Å². The standard InChI is InChI=1S/C15H24N4O2S/c1-17(15(20)19-5-7-21-8-6-19)13-3-2-4-18(10-13)11-14-9-16-12-22-14/h9,12-13H,2-8,10-11H2,1H3. The highest BCUT2D eigenvalue weighted by molar-refractivity contribution is 7.09. The summed E-state index contributed by atoms with van der Waals surface area (Å²) in [6, 6.07) is 0.449. The lowest BCUT2D eigenvalue weighted by molar-refractivity contribution is 0.0366. The molecular weight excluding hydrogens is 300 g/mol. The summed E-state index contributed by atoms with van der Waals surface area (Å²) in [4.78, 5) is 24.3. The Hall–Kier alpha value is -1.18. The molecule has 1 atom stereocenters. The molecule has 22 heavy (non-hydrogen) atoms. The van der Waals surface area contributed by atoms with Crippen LogP contribution in [0.15, 0.2) is 11.7 Å². The molecule has 0 N–H and O–H groups in total. The van der Waals surface area contributed by atoms with Crippen LogP contribution in [0.5, 0.6) is 0 Å². The summed E-state index contributed by atoms with van der Waals surface area (Å²) in [6.07, 6.45) is 4.17. The van der Waals surface area contributed by atoms with Crippen molar-refractivity contribution in [3.63, 3.8) is 0 Å². The maximum Gasteiger partial charge on any atom is 0.320 e. The molecule has 0 radical (unpaired) electrons. The van der Waals surface area contributed by atoms with Gasteiger partial charge in [0.05, 0.1) is 18.7 Å². The van der Waals surface area contributed by atoms with Crippen LogP contribution < -0.4 is 0 Å². The Morgan fingerprint density at radius 1 is 1.45 bits per heavy atom. The van der Waals surface area contributed by atoms with E-state index in [1.165, 1.54) is 4.88 Å². The summed E-state index contributed by atoms with van der Waals surface area (Å²) in [5.41, 5.74) is 1.88. The van der Waals surface area contributed by atoms with Gasteiger partial charge in [-0.1, -0.05) is 0 Å². The number of ether oxygens (including phenoxy) is 1. The number of carbonyl (C=O) groups excluding carboxylic acids is 1. The Morgan fingerprint density at radius 3 is 3.00 bits per heavy atom. The monoisotopic (exact) mass is 324 g/mol. The van der Waals surface area contributed by atoms with Crippen molar-refractivity contribution in [1.82, 2.24) is 19.7 Å². The molecular formula is C15H24N4O2S. The Kier molecular flexibility index (Phi) is 5.28. The number of morpholine rings is 1. The van der Waals surface area contributed by atoms with E-state index in [-0.39, 0.29) is 6.03 Å². The molecule has 2 saturated heterocycles. The van der Waals surface area contributed by atoms with E-state index in [0.29, 0.717) is 32.3 Å². The number of thiazole rings is 1. The molecule has 0 aliphatic carbocycles. The highest BCUT2D eigenvalue weighted by Gasteiger charge is 2.29. The van der Waals surface area contributed by atoms with Gasteiger partial charge in [0.2, 0.25) is 0 Å². The van der Waals surface area contributed by atoms with Crippen LogP contribution in [0.25, 0.3) is 0 Å². The average Bonchev–Trinajstić information content (AvgIpc) is 3.07. The van der Waals surface area contributed by atoms with Crippen molar-refractivity contribution in [2.24, 2.45) is 0 Å². The van der Waals surface area contributed by atoms with Gasteiger partial charge in [0.25, 0.3) is 0 Å². The van der Waals surface area contributed by atoms with Gasteiger partial charge in [0.15, 0.2) is 0 Å². The molecule has 1 unspecified atom stereocenters. The minimum Gasteiger partial charge on any atom is -0.378 e. The molecule has 122 valence electrons. The first kappa shape index (κ1) is 15.7. The SMILES string of the molecule is CN(C(=O)N1CCOCC1)C1CCCN(Cc2cncs2)C1. The molecule has 0 saturated carbocycles. The summed E-state index contributed by atoms with van der Waals surface area (Å²) in [7, 11) is 1.94. The van der Waals surface area contributed by atoms with E-state index in [0.717, 1.165) is 32.5 Å². The van der Waals surface area contributed by atoms with Crippen molar-refractivity contribution < 1.29 is 9.53 Å². The van der Waals surface area contributed by atoms with Crippen molar-refractivity contribution >= 4 is 17.4 Å². The third-order valence-corrected chi connectivity index (χ3v) is 5.24. The molecule has 2 aliphatic rings. The summed E-state index contributed by atoms with van der Waals surface area (Å²) in [5.74, 6) is 0. The number of piperidine rings is 1. The third-order valence-electron chi connectivity index (χ3n) is 4.47. The number of rotatable bonds is 3. The number of nitrogens with zero attached hydrogens (tertiary/aromatic N) is 4. The van der Waals surface area contributed by atoms with Crippen LogP contribution in [0.4, 0.5) is 4.79 Å². The van der Waals surface area contributed by atoms with Crippen LogP contribution in [-0.2, 0) is 11.3 Å². The normalized spacial score (nSPS) is 23.5. The average molecular weight is 324 g/mol. The van der Waals surface area contributed by atoms with Crippen LogP contribution >= 0.6 is 11.3 Å². The van der Waals surface area contributed by atoms with Gasteiger partial charge in [0.1, 0.15) is 0 Å². The number of likely N-dealkylation sites (N-methyl/N-ethyl adjacent to an activating group) is 1. The van der Waals surface area contributed by atoms with Crippen LogP contribution in [0.2, 0.25) is 0 Å². The van der Waals surface area contributed by atoms with Gasteiger partial charge in [-0.2, -0.15) is 0 Å². The number of hydrogen-bond acceptors (Lipinski definition) is 5. The molecule has 0 bridgehead atoms. The topological polar surface area (TPSA) is 48.9 Å². The Balaban J connectivity index is 1.55. The maximum atomic E-state index is 12.6.